The van der Waals surface area contributed by atoms with Crippen molar-refractivity contribution in [2.75, 3.05) is 0 Å². The Balaban J connectivity index is 1.02. The molecule has 0 saturated heterocycles. The summed E-state index contributed by atoms with van der Waals surface area (Å²) in [5.74, 6) is 5.15. The SMILES string of the molecule is c1ccc(-c2nc(-c3ccc4ccccc4c3)nc(-c3ccccc3-c3ccc4ccc5c(c4c3)-c3cc4ccccc4cc3C53C4CCC5CCC(C4)CC53)n2)cc1. The fourth-order valence-corrected chi connectivity index (χ4v) is 12.6. The molecule has 0 N–H and O–H groups in total. The van der Waals surface area contributed by atoms with Gasteiger partial charge in [0, 0.05) is 22.1 Å². The number of hydrogen-bond donors (Lipinski definition) is 0. The summed E-state index contributed by atoms with van der Waals surface area (Å²) in [6.07, 6.45) is 8.36. The molecule has 5 unspecified atom stereocenters. The van der Waals surface area contributed by atoms with Crippen LogP contribution in [0.2, 0.25) is 0 Å². The summed E-state index contributed by atoms with van der Waals surface area (Å²) in [4.78, 5) is 15.6. The predicted molar refractivity (Wildman–Crippen MR) is 242 cm³/mol. The molecule has 3 bridgehead atoms. The Hall–Kier alpha value is -6.45. The predicted octanol–water partition coefficient (Wildman–Crippen LogP) is 14.1. The Bertz CT molecular complexity index is 3160. The third-order valence-electron chi connectivity index (χ3n) is 15.1. The highest BCUT2D eigenvalue weighted by Gasteiger charge is 2.61. The van der Waals surface area contributed by atoms with Crippen LogP contribution in [-0.4, -0.2) is 15.0 Å². The largest absolute Gasteiger partial charge is 0.208 e. The highest BCUT2D eigenvalue weighted by molar-refractivity contribution is 6.07. The van der Waals surface area contributed by atoms with Gasteiger partial charge >= 0.3 is 0 Å². The minimum atomic E-state index is 0.0918. The fraction of sp³-hybridized carbons (Fsp3) is 0.196. The number of hydrogen-bond acceptors (Lipinski definition) is 3. The molecule has 0 aliphatic heterocycles. The summed E-state index contributed by atoms with van der Waals surface area (Å²) in [5, 5.41) is 7.73. The van der Waals surface area contributed by atoms with E-state index in [2.05, 4.69) is 146 Å². The van der Waals surface area contributed by atoms with Crippen molar-refractivity contribution in [2.45, 2.75) is 43.9 Å². The minimum absolute atomic E-state index is 0.0918. The molecular weight excluding hydrogens is 715 g/mol. The lowest BCUT2D eigenvalue weighted by molar-refractivity contribution is -0.0320. The molecule has 5 atom stereocenters. The van der Waals surface area contributed by atoms with Gasteiger partial charge in [-0.25, -0.2) is 15.0 Å². The molecule has 0 radical (unpaired) electrons. The maximum atomic E-state index is 5.26. The Labute approximate surface area is 344 Å². The molecule has 3 saturated carbocycles. The van der Waals surface area contributed by atoms with Crippen LogP contribution in [0.15, 0.2) is 164 Å². The lowest BCUT2D eigenvalue weighted by Gasteiger charge is -2.60. The lowest BCUT2D eigenvalue weighted by Crippen LogP contribution is -2.55. The van der Waals surface area contributed by atoms with Gasteiger partial charge in [-0.3, -0.25) is 0 Å². The van der Waals surface area contributed by atoms with Crippen LogP contribution < -0.4 is 0 Å². The van der Waals surface area contributed by atoms with Crippen molar-refractivity contribution >= 4 is 32.3 Å². The molecule has 0 amide bonds. The molecule has 13 rings (SSSR count). The first-order valence-electron chi connectivity index (χ1n) is 21.7. The molecule has 1 spiro atoms. The third-order valence-corrected chi connectivity index (χ3v) is 15.1. The Morgan fingerprint density at radius 2 is 1.05 bits per heavy atom. The smallest absolute Gasteiger partial charge is 0.164 e. The van der Waals surface area contributed by atoms with Crippen LogP contribution in [0.25, 0.3) is 88.7 Å². The molecular formula is C56H43N3. The summed E-state index contributed by atoms with van der Waals surface area (Å²) >= 11 is 0. The molecule has 3 heteroatoms. The average molecular weight is 758 g/mol. The van der Waals surface area contributed by atoms with E-state index in [0.29, 0.717) is 23.4 Å². The number of benzene rings is 8. The zero-order valence-corrected chi connectivity index (χ0v) is 33.0. The maximum absolute atomic E-state index is 5.26. The van der Waals surface area contributed by atoms with Crippen molar-refractivity contribution in [1.82, 2.24) is 15.0 Å². The summed E-state index contributed by atoms with van der Waals surface area (Å²) in [6, 6.07) is 60.3. The Kier molecular flexibility index (Phi) is 7.26. The number of fused-ring (bicyclic) bond motifs is 8. The number of rotatable bonds is 4. The van der Waals surface area contributed by atoms with Crippen molar-refractivity contribution in [3.8, 4) is 56.4 Å². The number of nitrogens with zero attached hydrogens (tertiary/aromatic N) is 3. The second kappa shape index (κ2) is 12.8. The van der Waals surface area contributed by atoms with E-state index >= 15 is 0 Å². The summed E-state index contributed by atoms with van der Waals surface area (Å²) in [6.45, 7) is 0. The van der Waals surface area contributed by atoms with E-state index in [0.717, 1.165) is 45.4 Å². The number of aromatic nitrogens is 3. The van der Waals surface area contributed by atoms with Crippen molar-refractivity contribution in [1.29, 1.82) is 0 Å². The normalized spacial score (nSPS) is 22.6. The van der Waals surface area contributed by atoms with Gasteiger partial charge < -0.3 is 0 Å². The van der Waals surface area contributed by atoms with Crippen LogP contribution in [0.4, 0.5) is 0 Å². The minimum Gasteiger partial charge on any atom is -0.208 e. The molecule has 3 nitrogen and oxygen atoms in total. The molecule has 9 aromatic rings. The van der Waals surface area contributed by atoms with E-state index in [-0.39, 0.29) is 5.41 Å². The first kappa shape index (κ1) is 33.5. The van der Waals surface area contributed by atoms with Crippen LogP contribution in [0.5, 0.6) is 0 Å². The molecule has 1 heterocycles. The maximum Gasteiger partial charge on any atom is 0.164 e. The zero-order valence-electron chi connectivity index (χ0n) is 33.0. The van der Waals surface area contributed by atoms with Crippen molar-refractivity contribution < 1.29 is 0 Å². The second-order valence-corrected chi connectivity index (χ2v) is 17.9. The standard InChI is InChI=1S/C56H43N3/c1-2-11-38(12-3-1)53-57-54(43-23-20-35-10-4-5-13-39(35)30-43)59-55(58-53)46-17-9-8-16-45(46)42-22-21-36-25-27-49-52(47(36)32-42)48-31-40-14-6-7-15-41(40)33-51(48)56(49)44-26-24-37-19-18-34(28-44)29-50(37)56/h1-17,20-23,25,27,30-34,37,44,50H,18-19,24,26,28-29H2. The first-order valence-corrected chi connectivity index (χ1v) is 21.7. The van der Waals surface area contributed by atoms with Gasteiger partial charge in [-0.1, -0.05) is 146 Å². The highest BCUT2D eigenvalue weighted by atomic mass is 15.0. The molecule has 3 fully saturated rings. The highest BCUT2D eigenvalue weighted by Crippen LogP contribution is 2.69. The molecule has 59 heavy (non-hydrogen) atoms. The molecule has 1 aromatic heterocycles. The van der Waals surface area contributed by atoms with Gasteiger partial charge in [0.15, 0.2) is 17.5 Å². The van der Waals surface area contributed by atoms with Crippen molar-refractivity contribution in [3.05, 3.63) is 175 Å². The summed E-state index contributed by atoms with van der Waals surface area (Å²) in [7, 11) is 0. The van der Waals surface area contributed by atoms with E-state index in [1.807, 2.05) is 18.2 Å². The third kappa shape index (κ3) is 4.97. The lowest BCUT2D eigenvalue weighted by atomic mass is 9.43. The Morgan fingerprint density at radius 3 is 1.90 bits per heavy atom. The van der Waals surface area contributed by atoms with Crippen LogP contribution in [0.3, 0.4) is 0 Å². The second-order valence-electron chi connectivity index (χ2n) is 17.9. The summed E-state index contributed by atoms with van der Waals surface area (Å²) in [5.41, 5.74) is 11.5. The van der Waals surface area contributed by atoms with Gasteiger partial charge in [-0.05, 0) is 146 Å². The molecule has 4 aliphatic carbocycles. The van der Waals surface area contributed by atoms with Gasteiger partial charge in [-0.2, -0.15) is 0 Å². The topological polar surface area (TPSA) is 38.7 Å². The zero-order chi connectivity index (χ0) is 38.7. The van der Waals surface area contributed by atoms with E-state index in [9.17, 15) is 0 Å². The van der Waals surface area contributed by atoms with Gasteiger partial charge in [-0.15, -0.1) is 0 Å². The van der Waals surface area contributed by atoms with Gasteiger partial charge in [0.2, 0.25) is 0 Å². The fourth-order valence-electron chi connectivity index (χ4n) is 12.6. The van der Waals surface area contributed by atoms with E-state index < -0.39 is 0 Å². The molecule has 4 aliphatic rings. The quantitative estimate of drug-likeness (QED) is 0.179. The van der Waals surface area contributed by atoms with E-state index in [1.54, 1.807) is 11.1 Å². The van der Waals surface area contributed by atoms with Crippen LogP contribution >= 0.6 is 0 Å². The Morgan fingerprint density at radius 1 is 0.407 bits per heavy atom. The molecule has 8 aromatic carbocycles. The first-order chi connectivity index (χ1) is 29.2. The van der Waals surface area contributed by atoms with Gasteiger partial charge in [0.05, 0.1) is 0 Å². The summed E-state index contributed by atoms with van der Waals surface area (Å²) < 4.78 is 0. The van der Waals surface area contributed by atoms with Crippen LogP contribution in [0, 0.1) is 23.7 Å². The molecule has 282 valence electrons. The van der Waals surface area contributed by atoms with Crippen LogP contribution in [0.1, 0.15) is 49.7 Å². The van der Waals surface area contributed by atoms with Crippen molar-refractivity contribution in [2.24, 2.45) is 23.7 Å². The van der Waals surface area contributed by atoms with E-state index in [1.165, 1.54) is 82.1 Å². The van der Waals surface area contributed by atoms with Crippen molar-refractivity contribution in [3.63, 3.8) is 0 Å². The average Bonchev–Trinajstić information content (AvgIpc) is 3.57. The van der Waals surface area contributed by atoms with E-state index in [4.69, 9.17) is 15.0 Å². The van der Waals surface area contributed by atoms with Gasteiger partial charge in [0.25, 0.3) is 0 Å². The van der Waals surface area contributed by atoms with Gasteiger partial charge in [0.1, 0.15) is 0 Å². The monoisotopic (exact) mass is 757 g/mol. The van der Waals surface area contributed by atoms with Crippen LogP contribution in [-0.2, 0) is 5.41 Å².